The molecule has 8 nitrogen and oxygen atoms in total. The van der Waals surface area contributed by atoms with Crippen LogP contribution in [0, 0.1) is 6.92 Å². The van der Waals surface area contributed by atoms with E-state index in [1.165, 1.54) is 11.8 Å². The molecule has 0 aromatic heterocycles. The van der Waals surface area contributed by atoms with Crippen LogP contribution in [0.15, 0.2) is 71.8 Å². The minimum Gasteiger partial charge on any atom is -0.497 e. The van der Waals surface area contributed by atoms with Crippen molar-refractivity contribution in [2.24, 2.45) is 5.10 Å². The summed E-state index contributed by atoms with van der Waals surface area (Å²) in [7, 11) is 3.14. The molecule has 3 aromatic rings. The summed E-state index contributed by atoms with van der Waals surface area (Å²) in [6.45, 7) is 2.46. The summed E-state index contributed by atoms with van der Waals surface area (Å²) < 4.78 is 16.4. The van der Waals surface area contributed by atoms with E-state index >= 15 is 0 Å². The van der Waals surface area contributed by atoms with Gasteiger partial charge in [-0.2, -0.15) is 5.10 Å². The van der Waals surface area contributed by atoms with Crippen molar-refractivity contribution < 1.29 is 23.8 Å². The standard InChI is InChI=1S/C27H29N3O5/c1-19-4-6-20(7-5-19)18-35-24-13-8-21(16-25(24)34-3)17-28-30-27(32)15-14-26(31)29-22-9-11-23(33-2)12-10-22/h4-13,16-17H,14-15,18H2,1-3H3,(H,29,31)(H,30,32). The van der Waals surface area contributed by atoms with Crippen molar-refractivity contribution in [1.29, 1.82) is 0 Å². The molecule has 0 aliphatic carbocycles. The molecule has 0 aliphatic rings. The third-order valence-electron chi connectivity index (χ3n) is 5.06. The van der Waals surface area contributed by atoms with Crippen LogP contribution in [-0.2, 0) is 16.2 Å². The summed E-state index contributed by atoms with van der Waals surface area (Å²) >= 11 is 0. The first-order chi connectivity index (χ1) is 17.0. The smallest absolute Gasteiger partial charge is 0.240 e. The molecule has 0 saturated carbocycles. The molecule has 2 amide bonds. The number of carbonyl (C=O) groups is 2. The number of carbonyl (C=O) groups excluding carboxylic acids is 2. The minimum absolute atomic E-state index is 0.00837. The van der Waals surface area contributed by atoms with Crippen molar-refractivity contribution in [3.8, 4) is 17.2 Å². The van der Waals surface area contributed by atoms with E-state index in [4.69, 9.17) is 14.2 Å². The van der Waals surface area contributed by atoms with Crippen molar-refractivity contribution in [2.75, 3.05) is 19.5 Å². The van der Waals surface area contributed by atoms with Gasteiger partial charge in [-0.05, 0) is 60.5 Å². The van der Waals surface area contributed by atoms with Crippen LogP contribution in [0.5, 0.6) is 17.2 Å². The van der Waals surface area contributed by atoms with Crippen molar-refractivity contribution >= 4 is 23.7 Å². The first kappa shape index (κ1) is 25.3. The van der Waals surface area contributed by atoms with E-state index in [0.29, 0.717) is 29.5 Å². The first-order valence-electron chi connectivity index (χ1n) is 11.1. The third kappa shape index (κ3) is 8.19. The Kier molecular flexibility index (Phi) is 9.24. The van der Waals surface area contributed by atoms with Crippen molar-refractivity contribution in [1.82, 2.24) is 5.43 Å². The Bertz CT molecular complexity index is 1160. The number of benzene rings is 3. The predicted octanol–water partition coefficient (Wildman–Crippen LogP) is 4.46. The molecule has 0 bridgehead atoms. The number of methoxy groups -OCH3 is 2. The van der Waals surface area contributed by atoms with Crippen molar-refractivity contribution in [3.05, 3.63) is 83.4 Å². The number of ether oxygens (including phenoxy) is 3. The van der Waals surface area contributed by atoms with E-state index in [1.54, 1.807) is 50.6 Å². The Morgan fingerprint density at radius 3 is 2.26 bits per heavy atom. The number of nitrogens with one attached hydrogen (secondary N) is 2. The monoisotopic (exact) mass is 475 g/mol. The second kappa shape index (κ2) is 12.8. The summed E-state index contributed by atoms with van der Waals surface area (Å²) in [6.07, 6.45) is 1.55. The SMILES string of the molecule is COc1ccc(NC(=O)CCC(=O)NN=Cc2ccc(OCc3ccc(C)cc3)c(OC)c2)cc1. The maximum Gasteiger partial charge on any atom is 0.240 e. The van der Waals surface area contributed by atoms with E-state index in [1.807, 2.05) is 37.3 Å². The third-order valence-corrected chi connectivity index (χ3v) is 5.06. The molecule has 35 heavy (non-hydrogen) atoms. The minimum atomic E-state index is -0.365. The molecule has 0 spiro atoms. The van der Waals surface area contributed by atoms with Crippen molar-refractivity contribution in [3.63, 3.8) is 0 Å². The fourth-order valence-corrected chi connectivity index (χ4v) is 3.09. The molecule has 0 atom stereocenters. The van der Waals surface area contributed by atoms with Gasteiger partial charge < -0.3 is 19.5 Å². The topological polar surface area (TPSA) is 98.2 Å². The molecule has 0 saturated heterocycles. The number of amides is 2. The van der Waals surface area contributed by atoms with Crippen molar-refractivity contribution in [2.45, 2.75) is 26.4 Å². The summed E-state index contributed by atoms with van der Waals surface area (Å²) in [5.41, 5.74) is 6.04. The molecular weight excluding hydrogens is 446 g/mol. The van der Waals surface area contributed by atoms with Crippen LogP contribution in [0.25, 0.3) is 0 Å². The van der Waals surface area contributed by atoms with Gasteiger partial charge in [0.15, 0.2) is 11.5 Å². The highest BCUT2D eigenvalue weighted by atomic mass is 16.5. The van der Waals surface area contributed by atoms with Gasteiger partial charge in [0.2, 0.25) is 11.8 Å². The lowest BCUT2D eigenvalue weighted by molar-refractivity contribution is -0.124. The number of hydrogen-bond acceptors (Lipinski definition) is 6. The molecule has 0 radical (unpaired) electrons. The Morgan fingerprint density at radius 1 is 0.857 bits per heavy atom. The Labute approximate surface area is 204 Å². The summed E-state index contributed by atoms with van der Waals surface area (Å²) in [6, 6.07) is 20.4. The Morgan fingerprint density at radius 2 is 1.57 bits per heavy atom. The quantitative estimate of drug-likeness (QED) is 0.315. The highest BCUT2D eigenvalue weighted by Gasteiger charge is 2.08. The molecular formula is C27H29N3O5. The zero-order valence-electron chi connectivity index (χ0n) is 20.0. The molecule has 2 N–H and O–H groups in total. The zero-order valence-corrected chi connectivity index (χ0v) is 20.0. The lowest BCUT2D eigenvalue weighted by Crippen LogP contribution is -2.20. The van der Waals surface area contributed by atoms with Gasteiger partial charge in [0.05, 0.1) is 20.4 Å². The van der Waals surface area contributed by atoms with Crippen LogP contribution in [0.4, 0.5) is 5.69 Å². The molecule has 0 unspecified atom stereocenters. The van der Waals surface area contributed by atoms with Gasteiger partial charge in [-0.15, -0.1) is 0 Å². The van der Waals surface area contributed by atoms with Gasteiger partial charge >= 0.3 is 0 Å². The predicted molar refractivity (Wildman–Crippen MR) is 135 cm³/mol. The zero-order chi connectivity index (χ0) is 25.0. The Balaban J connectivity index is 1.44. The summed E-state index contributed by atoms with van der Waals surface area (Å²) in [5, 5.41) is 6.70. The molecule has 0 aliphatic heterocycles. The van der Waals surface area contributed by atoms with Gasteiger partial charge in [0.1, 0.15) is 12.4 Å². The fourth-order valence-electron chi connectivity index (χ4n) is 3.09. The largest absolute Gasteiger partial charge is 0.497 e. The van der Waals surface area contributed by atoms with Gasteiger partial charge in [-0.25, -0.2) is 5.43 Å². The number of rotatable bonds is 11. The van der Waals surface area contributed by atoms with Crippen LogP contribution in [0.3, 0.4) is 0 Å². The number of nitrogens with zero attached hydrogens (tertiary/aromatic N) is 1. The number of aryl methyl sites for hydroxylation is 1. The van der Waals surface area contributed by atoms with Gasteiger partial charge in [-0.3, -0.25) is 9.59 Å². The lowest BCUT2D eigenvalue weighted by Gasteiger charge is -2.11. The first-order valence-corrected chi connectivity index (χ1v) is 11.1. The number of hydrogen-bond donors (Lipinski definition) is 2. The van der Waals surface area contributed by atoms with Crippen LogP contribution in [0.2, 0.25) is 0 Å². The van der Waals surface area contributed by atoms with Crippen LogP contribution < -0.4 is 25.0 Å². The van der Waals surface area contributed by atoms with E-state index in [0.717, 1.165) is 11.1 Å². The fraction of sp³-hybridized carbons (Fsp3) is 0.222. The second-order valence-corrected chi connectivity index (χ2v) is 7.75. The Hall–Kier alpha value is -4.33. The normalized spacial score (nSPS) is 10.6. The average molecular weight is 476 g/mol. The second-order valence-electron chi connectivity index (χ2n) is 7.75. The maximum absolute atomic E-state index is 12.0. The highest BCUT2D eigenvalue weighted by Crippen LogP contribution is 2.28. The lowest BCUT2D eigenvalue weighted by atomic mass is 10.2. The van der Waals surface area contributed by atoms with E-state index < -0.39 is 0 Å². The molecule has 8 heteroatoms. The number of hydrazone groups is 1. The van der Waals surface area contributed by atoms with Crippen LogP contribution in [0.1, 0.15) is 29.5 Å². The molecule has 0 fully saturated rings. The van der Waals surface area contributed by atoms with E-state index in [2.05, 4.69) is 15.8 Å². The molecule has 3 rings (SSSR count). The molecule has 3 aromatic carbocycles. The summed E-state index contributed by atoms with van der Waals surface area (Å²) in [5.74, 6) is 1.23. The van der Waals surface area contributed by atoms with Crippen LogP contribution in [-0.4, -0.2) is 32.2 Å². The van der Waals surface area contributed by atoms with Crippen LogP contribution >= 0.6 is 0 Å². The van der Waals surface area contributed by atoms with E-state index in [-0.39, 0.29) is 24.7 Å². The van der Waals surface area contributed by atoms with Gasteiger partial charge in [0, 0.05) is 18.5 Å². The van der Waals surface area contributed by atoms with Gasteiger partial charge in [-0.1, -0.05) is 29.8 Å². The maximum atomic E-state index is 12.0. The average Bonchev–Trinajstić information content (AvgIpc) is 2.88. The molecule has 0 heterocycles. The highest BCUT2D eigenvalue weighted by molar-refractivity contribution is 5.93. The number of anilines is 1. The van der Waals surface area contributed by atoms with Gasteiger partial charge in [0.25, 0.3) is 0 Å². The summed E-state index contributed by atoms with van der Waals surface area (Å²) in [4.78, 5) is 24.1. The molecule has 182 valence electrons. The van der Waals surface area contributed by atoms with E-state index in [9.17, 15) is 9.59 Å².